The van der Waals surface area contributed by atoms with Crippen molar-refractivity contribution in [1.82, 2.24) is 0 Å². The molecule has 5 nitrogen and oxygen atoms in total. The summed E-state index contributed by atoms with van der Waals surface area (Å²) in [6.07, 6.45) is -0.323. The molecule has 102 valence electrons. The Morgan fingerprint density at radius 1 is 1.06 bits per heavy atom. The standard InChI is InChI=1S/C13H20O5/c1-8-10-9(16-12(4,5)17-10)6-14-13(8)7-15-11(2,3)18-13/h9-10H,1,6-7H2,2-5H3/t9-,10-,13+/m1/s1. The van der Waals surface area contributed by atoms with E-state index in [4.69, 9.17) is 23.7 Å². The summed E-state index contributed by atoms with van der Waals surface area (Å²) in [6.45, 7) is 12.4. The van der Waals surface area contributed by atoms with Crippen LogP contribution in [0, 0.1) is 0 Å². The quantitative estimate of drug-likeness (QED) is 0.616. The Hall–Kier alpha value is -0.460. The van der Waals surface area contributed by atoms with E-state index in [1.165, 1.54) is 0 Å². The molecule has 0 unspecified atom stereocenters. The fraction of sp³-hybridized carbons (Fsp3) is 0.846. The van der Waals surface area contributed by atoms with Crippen LogP contribution in [0.15, 0.2) is 12.2 Å². The van der Waals surface area contributed by atoms with E-state index in [1.807, 2.05) is 27.7 Å². The third-order valence-electron chi connectivity index (χ3n) is 3.52. The first kappa shape index (κ1) is 12.6. The van der Waals surface area contributed by atoms with Crippen molar-refractivity contribution in [3.8, 4) is 0 Å². The topological polar surface area (TPSA) is 46.2 Å². The van der Waals surface area contributed by atoms with Crippen molar-refractivity contribution >= 4 is 0 Å². The van der Waals surface area contributed by atoms with Gasteiger partial charge in [-0.2, -0.15) is 0 Å². The maximum absolute atomic E-state index is 5.89. The monoisotopic (exact) mass is 256 g/mol. The third kappa shape index (κ3) is 1.82. The molecule has 0 amide bonds. The smallest absolute Gasteiger partial charge is 0.220 e. The molecule has 5 heteroatoms. The summed E-state index contributed by atoms with van der Waals surface area (Å²) in [4.78, 5) is 0. The number of hydrogen-bond donors (Lipinski definition) is 0. The van der Waals surface area contributed by atoms with Gasteiger partial charge in [0.15, 0.2) is 11.6 Å². The van der Waals surface area contributed by atoms with E-state index in [2.05, 4.69) is 6.58 Å². The summed E-state index contributed by atoms with van der Waals surface area (Å²) in [6, 6.07) is 0. The van der Waals surface area contributed by atoms with E-state index in [0.29, 0.717) is 13.2 Å². The van der Waals surface area contributed by atoms with Gasteiger partial charge in [-0.05, 0) is 27.7 Å². The van der Waals surface area contributed by atoms with Gasteiger partial charge in [0.05, 0.1) is 6.61 Å². The van der Waals surface area contributed by atoms with E-state index in [1.54, 1.807) is 0 Å². The van der Waals surface area contributed by atoms with E-state index in [0.717, 1.165) is 5.57 Å². The Bertz CT molecular complexity index is 387. The predicted molar refractivity (Wildman–Crippen MR) is 62.8 cm³/mol. The molecule has 3 rings (SSSR count). The van der Waals surface area contributed by atoms with Gasteiger partial charge in [-0.1, -0.05) is 6.58 Å². The zero-order valence-electron chi connectivity index (χ0n) is 11.3. The summed E-state index contributed by atoms with van der Waals surface area (Å²) >= 11 is 0. The van der Waals surface area contributed by atoms with Gasteiger partial charge in [0.1, 0.15) is 18.8 Å². The summed E-state index contributed by atoms with van der Waals surface area (Å²) in [5.41, 5.74) is 0.745. The van der Waals surface area contributed by atoms with E-state index in [9.17, 15) is 0 Å². The van der Waals surface area contributed by atoms with Crippen molar-refractivity contribution in [3.63, 3.8) is 0 Å². The van der Waals surface area contributed by atoms with Crippen molar-refractivity contribution in [1.29, 1.82) is 0 Å². The van der Waals surface area contributed by atoms with Crippen LogP contribution >= 0.6 is 0 Å². The molecule has 0 saturated carbocycles. The maximum atomic E-state index is 5.89. The maximum Gasteiger partial charge on any atom is 0.220 e. The minimum absolute atomic E-state index is 0.120. The van der Waals surface area contributed by atoms with Crippen molar-refractivity contribution in [2.45, 2.75) is 57.3 Å². The Balaban J connectivity index is 1.84. The van der Waals surface area contributed by atoms with Gasteiger partial charge in [-0.3, -0.25) is 0 Å². The Kier molecular flexibility index (Phi) is 2.48. The van der Waals surface area contributed by atoms with Crippen molar-refractivity contribution in [2.24, 2.45) is 0 Å². The third-order valence-corrected chi connectivity index (χ3v) is 3.52. The molecule has 0 bridgehead atoms. The summed E-state index contributed by atoms with van der Waals surface area (Å²) in [5.74, 6) is -2.17. The Morgan fingerprint density at radius 2 is 1.78 bits per heavy atom. The molecule has 3 fully saturated rings. The van der Waals surface area contributed by atoms with Crippen molar-refractivity contribution < 1.29 is 23.7 Å². The average molecular weight is 256 g/mol. The van der Waals surface area contributed by atoms with Crippen molar-refractivity contribution in [3.05, 3.63) is 12.2 Å². The highest BCUT2D eigenvalue weighted by molar-refractivity contribution is 5.22. The van der Waals surface area contributed by atoms with Gasteiger partial charge in [0.25, 0.3) is 0 Å². The Morgan fingerprint density at radius 3 is 2.39 bits per heavy atom. The molecule has 0 aromatic heterocycles. The fourth-order valence-electron chi connectivity index (χ4n) is 2.73. The first-order chi connectivity index (χ1) is 8.23. The number of rotatable bonds is 0. The first-order valence-electron chi connectivity index (χ1n) is 6.26. The fourth-order valence-corrected chi connectivity index (χ4v) is 2.73. The van der Waals surface area contributed by atoms with Crippen LogP contribution in [0.4, 0.5) is 0 Å². The highest BCUT2D eigenvalue weighted by Gasteiger charge is 2.58. The lowest BCUT2D eigenvalue weighted by Crippen LogP contribution is -2.52. The molecular weight excluding hydrogens is 236 g/mol. The zero-order valence-corrected chi connectivity index (χ0v) is 11.3. The van der Waals surface area contributed by atoms with Gasteiger partial charge in [-0.25, -0.2) is 0 Å². The second-order valence-corrected chi connectivity index (χ2v) is 5.97. The molecule has 3 heterocycles. The molecule has 3 atom stereocenters. The highest BCUT2D eigenvalue weighted by Crippen LogP contribution is 2.46. The van der Waals surface area contributed by atoms with Gasteiger partial charge in [-0.15, -0.1) is 0 Å². The van der Waals surface area contributed by atoms with Crippen LogP contribution in [0.25, 0.3) is 0 Å². The normalized spacial score (nSPS) is 45.4. The lowest BCUT2D eigenvalue weighted by atomic mass is 9.95. The molecule has 0 radical (unpaired) electrons. The van der Waals surface area contributed by atoms with Crippen molar-refractivity contribution in [2.75, 3.05) is 13.2 Å². The number of fused-ring (bicyclic) bond motifs is 1. The van der Waals surface area contributed by atoms with E-state index >= 15 is 0 Å². The van der Waals surface area contributed by atoms with Gasteiger partial charge in [0, 0.05) is 5.57 Å². The van der Waals surface area contributed by atoms with Crippen LogP contribution in [0.3, 0.4) is 0 Å². The summed E-state index contributed by atoms with van der Waals surface area (Å²) in [7, 11) is 0. The second-order valence-electron chi connectivity index (χ2n) is 5.97. The zero-order chi connectivity index (χ0) is 13.2. The second kappa shape index (κ2) is 3.55. The molecule has 18 heavy (non-hydrogen) atoms. The van der Waals surface area contributed by atoms with Gasteiger partial charge < -0.3 is 23.7 Å². The lowest BCUT2D eigenvalue weighted by Gasteiger charge is -2.39. The molecular formula is C13H20O5. The number of hydrogen-bond acceptors (Lipinski definition) is 5. The first-order valence-corrected chi connectivity index (χ1v) is 6.26. The predicted octanol–water partition coefficient (Wildman–Crippen LogP) is 1.57. The molecule has 0 aliphatic carbocycles. The van der Waals surface area contributed by atoms with Crippen LogP contribution in [-0.4, -0.2) is 42.8 Å². The van der Waals surface area contributed by atoms with E-state index in [-0.39, 0.29) is 12.2 Å². The van der Waals surface area contributed by atoms with Crippen LogP contribution in [0.1, 0.15) is 27.7 Å². The molecule has 3 saturated heterocycles. The molecule has 3 aliphatic rings. The SMILES string of the molecule is C=C1[C@H]2OC(C)(C)O[C@@H]2CO[C@]12COC(C)(C)O2. The minimum Gasteiger partial charge on any atom is -0.344 e. The van der Waals surface area contributed by atoms with Gasteiger partial charge >= 0.3 is 0 Å². The molecule has 0 N–H and O–H groups in total. The molecule has 3 aliphatic heterocycles. The van der Waals surface area contributed by atoms with Crippen LogP contribution in [0.5, 0.6) is 0 Å². The van der Waals surface area contributed by atoms with E-state index < -0.39 is 17.4 Å². The number of ether oxygens (including phenoxy) is 5. The molecule has 1 spiro atoms. The van der Waals surface area contributed by atoms with Gasteiger partial charge in [0.2, 0.25) is 5.79 Å². The molecule has 0 aromatic carbocycles. The van der Waals surface area contributed by atoms with Crippen LogP contribution in [0.2, 0.25) is 0 Å². The largest absolute Gasteiger partial charge is 0.344 e. The Labute approximate surface area is 107 Å². The lowest BCUT2D eigenvalue weighted by molar-refractivity contribution is -0.256. The minimum atomic E-state index is -0.894. The van der Waals surface area contributed by atoms with Crippen LogP contribution in [-0.2, 0) is 23.7 Å². The summed E-state index contributed by atoms with van der Waals surface area (Å²) < 4.78 is 29.0. The molecule has 0 aromatic rings. The highest BCUT2D eigenvalue weighted by atomic mass is 16.8. The average Bonchev–Trinajstić information content (AvgIpc) is 2.71. The summed E-state index contributed by atoms with van der Waals surface area (Å²) in [5, 5.41) is 0. The van der Waals surface area contributed by atoms with Crippen LogP contribution < -0.4 is 0 Å².